The van der Waals surface area contributed by atoms with Gasteiger partial charge < -0.3 is 24.8 Å². The van der Waals surface area contributed by atoms with Crippen molar-refractivity contribution in [2.45, 2.75) is 37.8 Å². The van der Waals surface area contributed by atoms with E-state index in [4.69, 9.17) is 0 Å². The summed E-state index contributed by atoms with van der Waals surface area (Å²) in [5, 5.41) is 24.4. The zero-order valence-corrected chi connectivity index (χ0v) is 27.6. The first kappa shape index (κ1) is 31.8. The van der Waals surface area contributed by atoms with E-state index in [2.05, 4.69) is 64.4 Å². The summed E-state index contributed by atoms with van der Waals surface area (Å²) in [7, 11) is 0. The third-order valence-electron chi connectivity index (χ3n) is 10.3. The van der Waals surface area contributed by atoms with Crippen molar-refractivity contribution in [2.24, 2.45) is 0 Å². The molecule has 3 aliphatic heterocycles. The number of nitrogens with zero attached hydrogens (tertiary/aromatic N) is 6. The van der Waals surface area contributed by atoms with Crippen LogP contribution in [0.1, 0.15) is 25.7 Å². The Bertz CT molecular complexity index is 2030. The number of fused-ring (bicyclic) bond motifs is 1. The third kappa shape index (κ3) is 6.34. The number of aromatic nitrogens is 3. The normalized spacial score (nSPS) is 19.2. The van der Waals surface area contributed by atoms with Gasteiger partial charge in [0.05, 0.1) is 16.9 Å². The van der Waals surface area contributed by atoms with Crippen LogP contribution in [0.15, 0.2) is 85.1 Å². The molecule has 0 spiro atoms. The minimum absolute atomic E-state index is 0.176. The van der Waals surface area contributed by atoms with Crippen LogP contribution in [-0.4, -0.2) is 87.9 Å². The number of amides is 2. The van der Waals surface area contributed by atoms with Crippen LogP contribution >= 0.6 is 0 Å². The molecule has 256 valence electrons. The first-order chi connectivity index (χ1) is 24.4. The van der Waals surface area contributed by atoms with Crippen LogP contribution in [0.4, 0.5) is 21.5 Å². The molecule has 1 unspecified atom stereocenters. The molecular weight excluding hydrogens is 635 g/mol. The molecule has 1 atom stereocenters. The Hall–Kier alpha value is -5.49. The third-order valence-corrected chi connectivity index (χ3v) is 10.3. The first-order valence-electron chi connectivity index (χ1n) is 17.3. The molecule has 2 aromatic heterocycles. The summed E-state index contributed by atoms with van der Waals surface area (Å²) < 4.78 is 17.3. The zero-order chi connectivity index (χ0) is 34.2. The lowest BCUT2D eigenvalue weighted by molar-refractivity contribution is -0.133. The molecule has 50 heavy (non-hydrogen) atoms. The number of piperazine rings is 1. The number of nitrogens with one attached hydrogen (secondary N) is 2. The van der Waals surface area contributed by atoms with Crippen molar-refractivity contribution in [3.05, 3.63) is 90.9 Å². The highest BCUT2D eigenvalue weighted by Crippen LogP contribution is 2.31. The molecule has 0 aliphatic carbocycles. The molecule has 3 aromatic carbocycles. The average Bonchev–Trinajstić information content (AvgIpc) is 3.57. The lowest BCUT2D eigenvalue weighted by Gasteiger charge is -2.44. The van der Waals surface area contributed by atoms with Gasteiger partial charge in [0.25, 0.3) is 0 Å². The maximum atomic E-state index is 15.2. The van der Waals surface area contributed by atoms with E-state index < -0.39 is 6.04 Å². The second-order valence-electron chi connectivity index (χ2n) is 13.3. The van der Waals surface area contributed by atoms with E-state index in [1.54, 1.807) is 24.3 Å². The van der Waals surface area contributed by atoms with Crippen LogP contribution in [-0.2, 0) is 9.59 Å². The molecule has 3 saturated heterocycles. The van der Waals surface area contributed by atoms with Gasteiger partial charge in [-0.15, -0.1) is 10.2 Å². The molecule has 11 nitrogen and oxygen atoms in total. The number of piperidine rings is 2. The fourth-order valence-electron chi connectivity index (χ4n) is 7.50. The Balaban J connectivity index is 0.849. The van der Waals surface area contributed by atoms with Gasteiger partial charge in [-0.2, -0.15) is 0 Å². The Morgan fingerprint density at radius 3 is 2.30 bits per heavy atom. The number of para-hydroxylation sites is 1. The number of phenolic OH excluding ortho intramolecular Hbond substituents is 1. The van der Waals surface area contributed by atoms with Crippen molar-refractivity contribution in [3.8, 4) is 22.7 Å². The molecule has 3 aliphatic rings. The second-order valence-corrected chi connectivity index (χ2v) is 13.3. The lowest BCUT2D eigenvalue weighted by atomic mass is 10.0. The minimum Gasteiger partial charge on any atom is -0.507 e. The van der Waals surface area contributed by atoms with Gasteiger partial charge in [0.15, 0.2) is 0 Å². The van der Waals surface area contributed by atoms with E-state index in [-0.39, 0.29) is 29.8 Å². The first-order valence-corrected chi connectivity index (χ1v) is 17.3. The van der Waals surface area contributed by atoms with E-state index in [0.29, 0.717) is 35.1 Å². The quantitative estimate of drug-likeness (QED) is 0.206. The van der Waals surface area contributed by atoms with Crippen LogP contribution in [0.5, 0.6) is 5.75 Å². The number of carbonyl (C=O) groups is 2. The number of halogens is 1. The van der Waals surface area contributed by atoms with Gasteiger partial charge in [0.1, 0.15) is 23.1 Å². The summed E-state index contributed by atoms with van der Waals surface area (Å²) in [6, 6.07) is 24.7. The number of hydrogen-bond donors (Lipinski definition) is 3. The smallest absolute Gasteiger partial charge is 0.249 e. The molecule has 5 heterocycles. The number of benzene rings is 3. The SMILES string of the molecule is O=C1CCC(Nc2ccc(N3CCN(C4CCN(c5ccc(-n6ccc7nnc(-c8ccccc8O)cc76)cc5)CC4)CC3)c(F)c2)C(=O)N1. The van der Waals surface area contributed by atoms with E-state index in [1.165, 1.54) is 11.8 Å². The van der Waals surface area contributed by atoms with Crippen LogP contribution < -0.4 is 20.4 Å². The summed E-state index contributed by atoms with van der Waals surface area (Å²) in [5.41, 5.74) is 6.34. The van der Waals surface area contributed by atoms with Gasteiger partial charge >= 0.3 is 0 Å². The van der Waals surface area contributed by atoms with Crippen molar-refractivity contribution in [3.63, 3.8) is 0 Å². The number of carbonyl (C=O) groups excluding carboxylic acids is 2. The van der Waals surface area contributed by atoms with Gasteiger partial charge in [-0.1, -0.05) is 12.1 Å². The number of rotatable bonds is 7. The Morgan fingerprint density at radius 1 is 0.800 bits per heavy atom. The highest BCUT2D eigenvalue weighted by Gasteiger charge is 2.29. The zero-order valence-electron chi connectivity index (χ0n) is 27.6. The van der Waals surface area contributed by atoms with E-state index >= 15 is 4.39 Å². The summed E-state index contributed by atoms with van der Waals surface area (Å²) >= 11 is 0. The van der Waals surface area contributed by atoms with E-state index in [1.807, 2.05) is 30.5 Å². The highest BCUT2D eigenvalue weighted by molar-refractivity contribution is 6.01. The predicted molar refractivity (Wildman–Crippen MR) is 191 cm³/mol. The number of aromatic hydroxyl groups is 1. The molecule has 8 rings (SSSR count). The number of imide groups is 1. The average molecular weight is 675 g/mol. The molecule has 0 bridgehead atoms. The minimum atomic E-state index is -0.541. The van der Waals surface area contributed by atoms with Crippen LogP contribution in [0.25, 0.3) is 28.0 Å². The number of hydrogen-bond acceptors (Lipinski definition) is 9. The van der Waals surface area contributed by atoms with Gasteiger partial charge in [0.2, 0.25) is 11.8 Å². The lowest BCUT2D eigenvalue weighted by Crippen LogP contribution is -2.53. The number of anilines is 3. The van der Waals surface area contributed by atoms with Crippen molar-refractivity contribution in [1.29, 1.82) is 0 Å². The predicted octanol–water partition coefficient (Wildman–Crippen LogP) is 4.94. The monoisotopic (exact) mass is 674 g/mol. The maximum absolute atomic E-state index is 15.2. The Kier molecular flexibility index (Phi) is 8.53. The molecule has 5 aromatic rings. The largest absolute Gasteiger partial charge is 0.507 e. The van der Waals surface area contributed by atoms with Gasteiger partial charge in [0, 0.05) is 80.6 Å². The molecule has 3 fully saturated rings. The summed E-state index contributed by atoms with van der Waals surface area (Å²) in [5.74, 6) is -0.780. The summed E-state index contributed by atoms with van der Waals surface area (Å²) in [4.78, 5) is 30.6. The van der Waals surface area contributed by atoms with Crippen LogP contribution in [0.2, 0.25) is 0 Å². The molecule has 2 amide bonds. The second kappa shape index (κ2) is 13.4. The molecular formula is C38H39FN8O3. The van der Waals surface area contributed by atoms with Crippen molar-refractivity contribution in [1.82, 2.24) is 25.0 Å². The molecule has 3 N–H and O–H groups in total. The summed E-state index contributed by atoms with van der Waals surface area (Å²) in [6.07, 6.45) is 4.82. The Morgan fingerprint density at radius 2 is 1.56 bits per heavy atom. The fourth-order valence-corrected chi connectivity index (χ4v) is 7.50. The van der Waals surface area contributed by atoms with Crippen molar-refractivity contribution >= 4 is 39.9 Å². The molecule has 12 heteroatoms. The Labute approximate surface area is 289 Å². The number of phenols is 1. The molecule has 0 radical (unpaired) electrons. The van der Waals surface area contributed by atoms with Gasteiger partial charge in [-0.05, 0) is 86.0 Å². The van der Waals surface area contributed by atoms with Crippen LogP contribution in [0.3, 0.4) is 0 Å². The maximum Gasteiger partial charge on any atom is 0.249 e. The standard InChI is InChI=1S/C38H39FN8O3/c39-30-23-25(40-32-10-12-37(49)41-38(32)50)5-11-34(30)46-21-19-45(20-22-46)27-13-16-44(17-14-27)26-6-8-28(9-7-26)47-18-15-31-35(47)24-33(43-42-31)29-3-1-2-4-36(29)48/h1-9,11,15,18,23-24,27,32,40,48H,10,12-14,16-17,19-22H2,(H,41,49,50). The topological polar surface area (TPSA) is 119 Å². The van der Waals surface area contributed by atoms with Crippen LogP contribution in [0, 0.1) is 5.82 Å². The fraction of sp³-hybridized carbons (Fsp3) is 0.316. The highest BCUT2D eigenvalue weighted by atomic mass is 19.1. The summed E-state index contributed by atoms with van der Waals surface area (Å²) in [6.45, 7) is 5.24. The van der Waals surface area contributed by atoms with E-state index in [9.17, 15) is 14.7 Å². The molecule has 0 saturated carbocycles. The van der Waals surface area contributed by atoms with E-state index in [0.717, 1.165) is 68.8 Å². The van der Waals surface area contributed by atoms with Crippen molar-refractivity contribution in [2.75, 3.05) is 54.4 Å². The van der Waals surface area contributed by atoms with Gasteiger partial charge in [-0.3, -0.25) is 19.8 Å². The van der Waals surface area contributed by atoms with Gasteiger partial charge in [-0.25, -0.2) is 4.39 Å². The van der Waals surface area contributed by atoms with Crippen molar-refractivity contribution < 1.29 is 19.1 Å².